The van der Waals surface area contributed by atoms with E-state index in [2.05, 4.69) is 51.2 Å². The molecule has 0 aromatic heterocycles. The summed E-state index contributed by atoms with van der Waals surface area (Å²) in [6, 6.07) is 7.35. The van der Waals surface area contributed by atoms with Crippen molar-refractivity contribution in [3.05, 3.63) is 29.3 Å². The van der Waals surface area contributed by atoms with Crippen molar-refractivity contribution in [2.24, 2.45) is 5.41 Å². The molecule has 0 amide bonds. The van der Waals surface area contributed by atoms with Gasteiger partial charge in [-0.15, -0.1) is 0 Å². The van der Waals surface area contributed by atoms with Crippen LogP contribution in [0.5, 0.6) is 0 Å². The molecule has 88 valence electrons. The van der Waals surface area contributed by atoms with E-state index >= 15 is 0 Å². The Hall–Kier alpha value is -0.980. The second-order valence-corrected chi connectivity index (χ2v) is 6.07. The number of aryl methyl sites for hydroxylation is 2. The van der Waals surface area contributed by atoms with Crippen molar-refractivity contribution in [2.75, 3.05) is 5.32 Å². The molecule has 0 heterocycles. The number of benzene rings is 1. The summed E-state index contributed by atoms with van der Waals surface area (Å²) in [6.45, 7) is 9.08. The van der Waals surface area contributed by atoms with E-state index in [4.69, 9.17) is 0 Å². The number of hydrogen-bond acceptors (Lipinski definition) is 1. The fourth-order valence-corrected chi connectivity index (χ4v) is 2.13. The van der Waals surface area contributed by atoms with Gasteiger partial charge in [0.1, 0.15) is 0 Å². The van der Waals surface area contributed by atoms with Crippen molar-refractivity contribution in [2.45, 2.75) is 53.0 Å². The molecule has 2 rings (SSSR count). The first-order valence-electron chi connectivity index (χ1n) is 6.35. The van der Waals surface area contributed by atoms with Crippen LogP contribution in [0.25, 0.3) is 0 Å². The second-order valence-electron chi connectivity index (χ2n) is 6.07. The van der Waals surface area contributed by atoms with Crippen LogP contribution in [-0.2, 0) is 12.8 Å². The molecule has 1 aliphatic rings. The molecule has 1 heteroatoms. The zero-order chi connectivity index (χ0) is 11.8. The normalized spacial score (nSPS) is 17.0. The van der Waals surface area contributed by atoms with Crippen LogP contribution in [0.3, 0.4) is 0 Å². The fraction of sp³-hybridized carbons (Fsp3) is 0.600. The smallest absolute Gasteiger partial charge is 0.0345 e. The first kappa shape index (κ1) is 11.5. The van der Waals surface area contributed by atoms with E-state index in [1.54, 1.807) is 11.1 Å². The average Bonchev–Trinajstić information content (AvgIpc) is 2.63. The van der Waals surface area contributed by atoms with Gasteiger partial charge in [-0.2, -0.15) is 0 Å². The van der Waals surface area contributed by atoms with Gasteiger partial charge in [-0.1, -0.05) is 26.8 Å². The summed E-state index contributed by atoms with van der Waals surface area (Å²) in [6.07, 6.45) is 3.85. The minimum Gasteiger partial charge on any atom is -0.382 e. The van der Waals surface area contributed by atoms with Crippen molar-refractivity contribution >= 4 is 5.69 Å². The molecule has 0 saturated heterocycles. The van der Waals surface area contributed by atoms with Crippen LogP contribution in [0.2, 0.25) is 0 Å². The van der Waals surface area contributed by atoms with Gasteiger partial charge < -0.3 is 5.32 Å². The van der Waals surface area contributed by atoms with E-state index in [1.165, 1.54) is 24.9 Å². The van der Waals surface area contributed by atoms with E-state index in [-0.39, 0.29) is 0 Å². The van der Waals surface area contributed by atoms with E-state index in [0.717, 1.165) is 0 Å². The SMILES string of the molecule is CC(Nc1ccc2c(c1)CCC2)C(C)(C)C. The largest absolute Gasteiger partial charge is 0.382 e. The molecular weight excluding hydrogens is 194 g/mol. The van der Waals surface area contributed by atoms with E-state index < -0.39 is 0 Å². The highest BCUT2D eigenvalue weighted by Crippen LogP contribution is 2.27. The van der Waals surface area contributed by atoms with E-state index in [9.17, 15) is 0 Å². The number of fused-ring (bicyclic) bond motifs is 1. The molecule has 1 atom stereocenters. The first-order chi connectivity index (χ1) is 7.47. The van der Waals surface area contributed by atoms with Gasteiger partial charge in [-0.3, -0.25) is 0 Å². The molecule has 0 fully saturated rings. The molecule has 1 unspecified atom stereocenters. The highest BCUT2D eigenvalue weighted by molar-refractivity contribution is 5.50. The van der Waals surface area contributed by atoms with Crippen molar-refractivity contribution in [1.29, 1.82) is 0 Å². The van der Waals surface area contributed by atoms with Crippen LogP contribution >= 0.6 is 0 Å². The molecule has 16 heavy (non-hydrogen) atoms. The summed E-state index contributed by atoms with van der Waals surface area (Å²) in [5.41, 5.74) is 4.68. The quantitative estimate of drug-likeness (QED) is 0.789. The summed E-state index contributed by atoms with van der Waals surface area (Å²) < 4.78 is 0. The summed E-state index contributed by atoms with van der Waals surface area (Å²) in [7, 11) is 0. The molecule has 1 N–H and O–H groups in total. The Bertz CT molecular complexity index is 374. The first-order valence-corrected chi connectivity index (χ1v) is 6.35. The molecule has 1 aromatic rings. The highest BCUT2D eigenvalue weighted by Gasteiger charge is 2.20. The Morgan fingerprint density at radius 3 is 2.50 bits per heavy atom. The maximum absolute atomic E-state index is 3.61. The molecule has 0 aliphatic heterocycles. The maximum atomic E-state index is 3.61. The fourth-order valence-electron chi connectivity index (χ4n) is 2.13. The third-order valence-electron chi connectivity index (χ3n) is 3.78. The number of hydrogen-bond donors (Lipinski definition) is 1. The predicted octanol–water partition coefficient (Wildman–Crippen LogP) is 4.02. The van der Waals surface area contributed by atoms with Gasteiger partial charge in [0.15, 0.2) is 0 Å². The predicted molar refractivity (Wildman–Crippen MR) is 71.0 cm³/mol. The van der Waals surface area contributed by atoms with Gasteiger partial charge in [-0.05, 0) is 54.9 Å². The van der Waals surface area contributed by atoms with Crippen LogP contribution in [-0.4, -0.2) is 6.04 Å². The summed E-state index contributed by atoms with van der Waals surface area (Å²) in [5.74, 6) is 0. The van der Waals surface area contributed by atoms with Gasteiger partial charge in [0.05, 0.1) is 0 Å². The number of rotatable bonds is 2. The Labute approximate surface area is 99.3 Å². The lowest BCUT2D eigenvalue weighted by molar-refractivity contribution is 0.359. The molecule has 1 aliphatic carbocycles. The van der Waals surface area contributed by atoms with Crippen LogP contribution in [0.15, 0.2) is 18.2 Å². The molecule has 0 radical (unpaired) electrons. The Balaban J connectivity index is 2.11. The Morgan fingerprint density at radius 2 is 1.81 bits per heavy atom. The van der Waals surface area contributed by atoms with Crippen molar-refractivity contribution in [3.63, 3.8) is 0 Å². The highest BCUT2D eigenvalue weighted by atomic mass is 14.9. The van der Waals surface area contributed by atoms with E-state index in [1.807, 2.05) is 0 Å². The molecule has 0 spiro atoms. The zero-order valence-corrected chi connectivity index (χ0v) is 10.9. The van der Waals surface area contributed by atoms with Crippen LogP contribution < -0.4 is 5.32 Å². The number of nitrogens with one attached hydrogen (secondary N) is 1. The standard InChI is InChI=1S/C15H23N/c1-11(15(2,3)4)16-14-9-8-12-6-5-7-13(12)10-14/h8-11,16H,5-7H2,1-4H3. The summed E-state index contributed by atoms with van der Waals surface area (Å²) in [4.78, 5) is 0. The zero-order valence-electron chi connectivity index (χ0n) is 10.9. The molecule has 1 aromatic carbocycles. The van der Waals surface area contributed by atoms with Crippen LogP contribution in [0.1, 0.15) is 45.2 Å². The van der Waals surface area contributed by atoms with Gasteiger partial charge in [0, 0.05) is 11.7 Å². The lowest BCUT2D eigenvalue weighted by Crippen LogP contribution is -2.30. The topological polar surface area (TPSA) is 12.0 Å². The van der Waals surface area contributed by atoms with Gasteiger partial charge in [-0.25, -0.2) is 0 Å². The Kier molecular flexibility index (Phi) is 2.96. The molecular formula is C15H23N. The number of anilines is 1. The lowest BCUT2D eigenvalue weighted by atomic mass is 9.88. The molecule has 1 nitrogen and oxygen atoms in total. The minimum atomic E-state index is 0.305. The Morgan fingerprint density at radius 1 is 1.12 bits per heavy atom. The second kappa shape index (κ2) is 4.12. The van der Waals surface area contributed by atoms with Gasteiger partial charge in [0.25, 0.3) is 0 Å². The monoisotopic (exact) mass is 217 g/mol. The van der Waals surface area contributed by atoms with Crippen molar-refractivity contribution in [1.82, 2.24) is 0 Å². The van der Waals surface area contributed by atoms with E-state index in [0.29, 0.717) is 11.5 Å². The summed E-state index contributed by atoms with van der Waals surface area (Å²) in [5, 5.41) is 3.61. The molecule has 0 saturated carbocycles. The van der Waals surface area contributed by atoms with Crippen LogP contribution in [0.4, 0.5) is 5.69 Å². The minimum absolute atomic E-state index is 0.305. The van der Waals surface area contributed by atoms with Crippen LogP contribution in [0, 0.1) is 5.41 Å². The maximum Gasteiger partial charge on any atom is 0.0345 e. The van der Waals surface area contributed by atoms with Crippen molar-refractivity contribution < 1.29 is 0 Å². The van der Waals surface area contributed by atoms with Gasteiger partial charge in [0.2, 0.25) is 0 Å². The lowest BCUT2D eigenvalue weighted by Gasteiger charge is -2.29. The van der Waals surface area contributed by atoms with Gasteiger partial charge >= 0.3 is 0 Å². The van der Waals surface area contributed by atoms with Crippen molar-refractivity contribution in [3.8, 4) is 0 Å². The average molecular weight is 217 g/mol. The third-order valence-corrected chi connectivity index (χ3v) is 3.78. The third kappa shape index (κ3) is 2.40. The molecule has 0 bridgehead atoms. The summed E-state index contributed by atoms with van der Waals surface area (Å²) >= 11 is 0.